The molecule has 0 bridgehead atoms. The average Bonchev–Trinajstić information content (AvgIpc) is 3.00. The van der Waals surface area contributed by atoms with E-state index in [1.165, 1.54) is 36.8 Å². The van der Waals surface area contributed by atoms with E-state index >= 15 is 0 Å². The number of nitrogens with one attached hydrogen (secondary N) is 2. The van der Waals surface area contributed by atoms with Gasteiger partial charge in [-0.1, -0.05) is 51.0 Å². The van der Waals surface area contributed by atoms with Gasteiger partial charge in [0.05, 0.1) is 0 Å². The molecule has 1 fully saturated rings. The highest BCUT2D eigenvalue weighted by molar-refractivity contribution is 5.91. The summed E-state index contributed by atoms with van der Waals surface area (Å²) < 4.78 is 0. The van der Waals surface area contributed by atoms with Crippen molar-refractivity contribution in [1.82, 2.24) is 5.32 Å². The summed E-state index contributed by atoms with van der Waals surface area (Å²) in [6.07, 6.45) is 10.9. The van der Waals surface area contributed by atoms with Gasteiger partial charge in [-0.2, -0.15) is 0 Å². The molecule has 3 nitrogen and oxygen atoms in total. The van der Waals surface area contributed by atoms with Gasteiger partial charge in [-0.3, -0.25) is 0 Å². The van der Waals surface area contributed by atoms with Crippen LogP contribution in [0.3, 0.4) is 0 Å². The van der Waals surface area contributed by atoms with Crippen LogP contribution in [-0.2, 0) is 12.8 Å². The lowest BCUT2D eigenvalue weighted by atomic mass is 10.0. The number of benzene rings is 1. The van der Waals surface area contributed by atoms with Crippen molar-refractivity contribution in [2.45, 2.75) is 52.4 Å². The van der Waals surface area contributed by atoms with Crippen molar-refractivity contribution in [3.05, 3.63) is 41.6 Å². The van der Waals surface area contributed by atoms with Crippen molar-refractivity contribution in [3.63, 3.8) is 0 Å². The molecule has 2 amide bonds. The Morgan fingerprint density at radius 2 is 1.81 bits per heavy atom. The minimum Gasteiger partial charge on any atom is -0.315 e. The van der Waals surface area contributed by atoms with Crippen molar-refractivity contribution in [2.24, 2.45) is 5.92 Å². The zero-order valence-electron chi connectivity index (χ0n) is 13.1. The maximum absolute atomic E-state index is 12.0. The number of allylic oxidation sites excluding steroid dienone is 1. The third kappa shape index (κ3) is 4.35. The van der Waals surface area contributed by atoms with Crippen molar-refractivity contribution < 1.29 is 4.79 Å². The maximum Gasteiger partial charge on any atom is 0.323 e. The monoisotopic (exact) mass is 286 g/mol. The van der Waals surface area contributed by atoms with E-state index in [0.717, 1.165) is 18.5 Å². The minimum absolute atomic E-state index is 0.153. The molecule has 0 radical (unpaired) electrons. The molecule has 1 saturated carbocycles. The Morgan fingerprint density at radius 3 is 2.38 bits per heavy atom. The van der Waals surface area contributed by atoms with Crippen LogP contribution in [0, 0.1) is 5.92 Å². The van der Waals surface area contributed by atoms with E-state index in [-0.39, 0.29) is 6.03 Å². The number of hydrogen-bond donors (Lipinski definition) is 2. The topological polar surface area (TPSA) is 41.1 Å². The molecule has 0 aromatic heterocycles. The fourth-order valence-corrected chi connectivity index (χ4v) is 2.96. The van der Waals surface area contributed by atoms with E-state index < -0.39 is 0 Å². The summed E-state index contributed by atoms with van der Waals surface area (Å²) in [4.78, 5) is 12.0. The first-order chi connectivity index (χ1) is 10.2. The first-order valence-corrected chi connectivity index (χ1v) is 8.09. The van der Waals surface area contributed by atoms with Crippen LogP contribution in [0.2, 0.25) is 0 Å². The predicted octanol–water partition coefficient (Wildman–Crippen LogP) is 4.64. The number of rotatable bonds is 5. The number of anilines is 1. The highest BCUT2D eigenvalue weighted by Crippen LogP contribution is 2.25. The van der Waals surface area contributed by atoms with Crippen LogP contribution >= 0.6 is 0 Å². The third-order valence-electron chi connectivity index (χ3n) is 4.22. The predicted molar refractivity (Wildman–Crippen MR) is 88.5 cm³/mol. The van der Waals surface area contributed by atoms with Gasteiger partial charge in [0.25, 0.3) is 0 Å². The number of aryl methyl sites for hydroxylation is 2. The van der Waals surface area contributed by atoms with E-state index in [1.54, 1.807) is 6.20 Å². The zero-order valence-corrected chi connectivity index (χ0v) is 13.1. The summed E-state index contributed by atoms with van der Waals surface area (Å²) in [5, 5.41) is 5.84. The molecule has 1 aromatic carbocycles. The lowest BCUT2D eigenvalue weighted by Crippen LogP contribution is -2.25. The smallest absolute Gasteiger partial charge is 0.315 e. The molecule has 0 saturated heterocycles. The molecule has 1 aliphatic rings. The molecule has 0 heterocycles. The van der Waals surface area contributed by atoms with Crippen LogP contribution in [0.15, 0.2) is 30.5 Å². The third-order valence-corrected chi connectivity index (χ3v) is 4.22. The number of carbonyl (C=O) groups excluding carboxylic acids is 1. The van der Waals surface area contributed by atoms with Gasteiger partial charge in [0, 0.05) is 11.9 Å². The first kappa shape index (κ1) is 15.6. The molecule has 114 valence electrons. The molecule has 1 aromatic rings. The summed E-state index contributed by atoms with van der Waals surface area (Å²) in [7, 11) is 0. The Morgan fingerprint density at radius 1 is 1.19 bits per heavy atom. The van der Waals surface area contributed by atoms with E-state index in [2.05, 4.69) is 48.8 Å². The Bertz CT molecular complexity index is 480. The molecule has 1 aliphatic carbocycles. The molecule has 0 aliphatic heterocycles. The summed E-state index contributed by atoms with van der Waals surface area (Å²) in [6, 6.07) is 6.05. The Kier molecular flexibility index (Phi) is 5.85. The first-order valence-electron chi connectivity index (χ1n) is 8.09. The molecule has 2 rings (SSSR count). The van der Waals surface area contributed by atoms with E-state index in [0.29, 0.717) is 5.92 Å². The Hall–Kier alpha value is -1.77. The fourth-order valence-electron chi connectivity index (χ4n) is 2.96. The van der Waals surface area contributed by atoms with Gasteiger partial charge in [0.15, 0.2) is 0 Å². The van der Waals surface area contributed by atoms with Crippen molar-refractivity contribution in [2.75, 3.05) is 5.32 Å². The molecule has 0 spiro atoms. The summed E-state index contributed by atoms with van der Waals surface area (Å²) in [5.74, 6) is 0.638. The minimum atomic E-state index is -0.153. The quantitative estimate of drug-likeness (QED) is 0.813. The van der Waals surface area contributed by atoms with Gasteiger partial charge in [-0.25, -0.2) is 4.79 Å². The van der Waals surface area contributed by atoms with Gasteiger partial charge in [0.2, 0.25) is 0 Å². The average molecular weight is 286 g/mol. The number of urea groups is 1. The largest absolute Gasteiger partial charge is 0.323 e. The summed E-state index contributed by atoms with van der Waals surface area (Å²) in [6.45, 7) is 4.22. The van der Waals surface area contributed by atoms with Gasteiger partial charge in [-0.05, 0) is 42.7 Å². The second-order valence-corrected chi connectivity index (χ2v) is 5.66. The second-order valence-electron chi connectivity index (χ2n) is 5.66. The van der Waals surface area contributed by atoms with Gasteiger partial charge in [0.1, 0.15) is 0 Å². The number of hydrogen-bond acceptors (Lipinski definition) is 1. The molecule has 2 N–H and O–H groups in total. The van der Waals surface area contributed by atoms with Crippen LogP contribution < -0.4 is 10.6 Å². The molecular weight excluding hydrogens is 260 g/mol. The van der Waals surface area contributed by atoms with Crippen LogP contribution in [0.4, 0.5) is 10.5 Å². The van der Waals surface area contributed by atoms with Gasteiger partial charge in [-0.15, -0.1) is 0 Å². The number of amides is 2. The Labute approximate surface area is 127 Å². The van der Waals surface area contributed by atoms with E-state index in [1.807, 2.05) is 0 Å². The molecular formula is C18H26N2O. The molecule has 0 unspecified atom stereocenters. The maximum atomic E-state index is 12.0. The zero-order chi connectivity index (χ0) is 15.1. The fraction of sp³-hybridized carbons (Fsp3) is 0.500. The van der Waals surface area contributed by atoms with Gasteiger partial charge >= 0.3 is 6.03 Å². The lowest BCUT2D eigenvalue weighted by Gasteiger charge is -2.14. The number of carbonyl (C=O) groups is 1. The standard InChI is InChI=1S/C18H26N2O/c1-3-15-10-7-11-16(4-2)17(15)20-18(21)19-13-12-14-8-5-6-9-14/h7,10-14H,3-6,8-9H2,1-2H3,(H2,19,20,21)/b13-12+. The van der Waals surface area contributed by atoms with Crippen LogP contribution in [0.5, 0.6) is 0 Å². The highest BCUT2D eigenvalue weighted by atomic mass is 16.2. The van der Waals surface area contributed by atoms with E-state index in [9.17, 15) is 4.79 Å². The molecule has 21 heavy (non-hydrogen) atoms. The molecule has 3 heteroatoms. The summed E-state index contributed by atoms with van der Waals surface area (Å²) >= 11 is 0. The normalized spacial score (nSPS) is 15.5. The van der Waals surface area contributed by atoms with Crippen LogP contribution in [0.1, 0.15) is 50.7 Å². The number of para-hydroxylation sites is 1. The summed E-state index contributed by atoms with van der Waals surface area (Å²) in [5.41, 5.74) is 3.34. The van der Waals surface area contributed by atoms with Crippen LogP contribution in [-0.4, -0.2) is 6.03 Å². The van der Waals surface area contributed by atoms with Crippen molar-refractivity contribution in [3.8, 4) is 0 Å². The van der Waals surface area contributed by atoms with Gasteiger partial charge < -0.3 is 10.6 Å². The van der Waals surface area contributed by atoms with E-state index in [4.69, 9.17) is 0 Å². The van der Waals surface area contributed by atoms with Crippen molar-refractivity contribution in [1.29, 1.82) is 0 Å². The lowest BCUT2D eigenvalue weighted by molar-refractivity contribution is 0.255. The second kappa shape index (κ2) is 7.87. The van der Waals surface area contributed by atoms with Crippen LogP contribution in [0.25, 0.3) is 0 Å². The van der Waals surface area contributed by atoms with Crippen molar-refractivity contribution >= 4 is 11.7 Å². The molecule has 0 atom stereocenters. The SMILES string of the molecule is CCc1cccc(CC)c1NC(=O)N/C=C/C1CCCC1. The highest BCUT2D eigenvalue weighted by Gasteiger charge is 2.12. The Balaban J connectivity index is 1.95.